The van der Waals surface area contributed by atoms with Crippen LogP contribution in [0.1, 0.15) is 32.9 Å². The SMILES string of the molecule is Cc1ccc(C=NNC(=O)c2c(C)nc3c(C)cccn23)cc1. The van der Waals surface area contributed by atoms with Crippen molar-refractivity contribution in [3.05, 3.63) is 70.7 Å². The van der Waals surface area contributed by atoms with Crippen LogP contribution < -0.4 is 5.43 Å². The number of benzene rings is 1. The summed E-state index contributed by atoms with van der Waals surface area (Å²) < 4.78 is 1.79. The second-order valence-corrected chi connectivity index (χ2v) is 5.54. The Labute approximate surface area is 134 Å². The van der Waals surface area contributed by atoms with E-state index in [1.54, 1.807) is 10.6 Å². The summed E-state index contributed by atoms with van der Waals surface area (Å²) in [6.45, 7) is 5.82. The molecule has 0 aliphatic carbocycles. The maximum absolute atomic E-state index is 12.4. The van der Waals surface area contributed by atoms with Gasteiger partial charge in [0.15, 0.2) is 0 Å². The summed E-state index contributed by atoms with van der Waals surface area (Å²) in [6, 6.07) is 11.8. The first kappa shape index (κ1) is 15.0. The van der Waals surface area contributed by atoms with Gasteiger partial charge in [0, 0.05) is 6.20 Å². The third-order valence-electron chi connectivity index (χ3n) is 3.69. The fourth-order valence-corrected chi connectivity index (χ4v) is 2.46. The molecular formula is C18H18N4O. The van der Waals surface area contributed by atoms with Crippen LogP contribution in [-0.2, 0) is 0 Å². The molecule has 3 aromatic rings. The molecule has 0 aliphatic heterocycles. The third kappa shape index (κ3) is 2.99. The van der Waals surface area contributed by atoms with Crippen LogP contribution in [0.15, 0.2) is 47.7 Å². The molecule has 0 saturated heterocycles. The number of aromatic nitrogens is 2. The van der Waals surface area contributed by atoms with Crippen molar-refractivity contribution in [2.45, 2.75) is 20.8 Å². The normalized spacial score (nSPS) is 11.3. The molecule has 0 saturated carbocycles. The Bertz CT molecular complexity index is 891. The summed E-state index contributed by atoms with van der Waals surface area (Å²) in [6.07, 6.45) is 3.46. The molecule has 116 valence electrons. The van der Waals surface area contributed by atoms with Gasteiger partial charge in [-0.2, -0.15) is 5.10 Å². The molecule has 0 spiro atoms. The van der Waals surface area contributed by atoms with Crippen LogP contribution in [0, 0.1) is 20.8 Å². The Morgan fingerprint density at radius 2 is 1.91 bits per heavy atom. The number of pyridine rings is 1. The van der Waals surface area contributed by atoms with Crippen LogP contribution in [0.4, 0.5) is 0 Å². The highest BCUT2D eigenvalue weighted by atomic mass is 16.2. The number of amides is 1. The molecule has 23 heavy (non-hydrogen) atoms. The number of fused-ring (bicyclic) bond motifs is 1. The second-order valence-electron chi connectivity index (χ2n) is 5.54. The van der Waals surface area contributed by atoms with Crippen LogP contribution in [-0.4, -0.2) is 21.5 Å². The molecular weight excluding hydrogens is 288 g/mol. The number of imidazole rings is 1. The lowest BCUT2D eigenvalue weighted by atomic mass is 10.2. The van der Waals surface area contributed by atoms with Gasteiger partial charge >= 0.3 is 0 Å². The Morgan fingerprint density at radius 3 is 2.65 bits per heavy atom. The molecule has 5 nitrogen and oxygen atoms in total. The summed E-state index contributed by atoms with van der Waals surface area (Å²) in [5, 5.41) is 4.03. The van der Waals surface area contributed by atoms with Crippen LogP contribution in [0.3, 0.4) is 0 Å². The van der Waals surface area contributed by atoms with Crippen molar-refractivity contribution >= 4 is 17.8 Å². The average molecular weight is 306 g/mol. The van der Waals surface area contributed by atoms with Crippen molar-refractivity contribution in [3.63, 3.8) is 0 Å². The number of nitrogens with one attached hydrogen (secondary N) is 1. The van der Waals surface area contributed by atoms with Gasteiger partial charge in [0.05, 0.1) is 11.9 Å². The summed E-state index contributed by atoms with van der Waals surface area (Å²) in [5.41, 5.74) is 7.69. The molecule has 1 N–H and O–H groups in total. The summed E-state index contributed by atoms with van der Waals surface area (Å²) in [4.78, 5) is 16.9. The Hall–Kier alpha value is -2.95. The Morgan fingerprint density at radius 1 is 1.17 bits per heavy atom. The third-order valence-corrected chi connectivity index (χ3v) is 3.69. The number of carbonyl (C=O) groups is 1. The number of hydrazone groups is 1. The number of hydrogen-bond acceptors (Lipinski definition) is 3. The van der Waals surface area contributed by atoms with Gasteiger partial charge in [-0.05, 0) is 38.0 Å². The lowest BCUT2D eigenvalue weighted by Crippen LogP contribution is -2.20. The van der Waals surface area contributed by atoms with Gasteiger partial charge in [-0.15, -0.1) is 0 Å². The first-order valence-electron chi connectivity index (χ1n) is 7.40. The summed E-state index contributed by atoms with van der Waals surface area (Å²) >= 11 is 0. The number of rotatable bonds is 3. The van der Waals surface area contributed by atoms with E-state index in [1.165, 1.54) is 5.56 Å². The van der Waals surface area contributed by atoms with E-state index >= 15 is 0 Å². The Kier molecular flexibility index (Phi) is 3.93. The van der Waals surface area contributed by atoms with E-state index in [9.17, 15) is 4.79 Å². The predicted octanol–water partition coefficient (Wildman–Crippen LogP) is 3.02. The van der Waals surface area contributed by atoms with Gasteiger partial charge in [-0.1, -0.05) is 35.9 Å². The molecule has 1 amide bonds. The lowest BCUT2D eigenvalue weighted by molar-refractivity contribution is 0.0948. The van der Waals surface area contributed by atoms with Gasteiger partial charge < -0.3 is 0 Å². The minimum Gasteiger partial charge on any atom is -0.295 e. The quantitative estimate of drug-likeness (QED) is 0.597. The van der Waals surface area contributed by atoms with Crippen molar-refractivity contribution < 1.29 is 4.79 Å². The standard InChI is InChI=1S/C18H18N4O/c1-12-6-8-15(9-7-12)11-19-21-18(23)16-14(3)20-17-13(2)5-4-10-22(16)17/h4-11H,1-3H3,(H,21,23). The van der Waals surface area contributed by atoms with Crippen molar-refractivity contribution in [2.24, 2.45) is 5.10 Å². The van der Waals surface area contributed by atoms with E-state index in [-0.39, 0.29) is 5.91 Å². The molecule has 0 radical (unpaired) electrons. The smallest absolute Gasteiger partial charge is 0.290 e. The van der Waals surface area contributed by atoms with E-state index in [1.807, 2.05) is 63.4 Å². The fraction of sp³-hybridized carbons (Fsp3) is 0.167. The fourth-order valence-electron chi connectivity index (χ4n) is 2.46. The van der Waals surface area contributed by atoms with E-state index in [4.69, 9.17) is 0 Å². The number of nitrogens with zero attached hydrogens (tertiary/aromatic N) is 3. The number of hydrogen-bond donors (Lipinski definition) is 1. The molecule has 3 rings (SSSR count). The zero-order valence-electron chi connectivity index (χ0n) is 13.4. The van der Waals surface area contributed by atoms with E-state index < -0.39 is 0 Å². The maximum atomic E-state index is 12.4. The zero-order chi connectivity index (χ0) is 16.4. The number of aryl methyl sites for hydroxylation is 3. The highest BCUT2D eigenvalue weighted by Crippen LogP contribution is 2.15. The van der Waals surface area contributed by atoms with Crippen LogP contribution in [0.25, 0.3) is 5.65 Å². The van der Waals surface area contributed by atoms with Crippen molar-refractivity contribution in [3.8, 4) is 0 Å². The lowest BCUT2D eigenvalue weighted by Gasteiger charge is -2.02. The zero-order valence-corrected chi connectivity index (χ0v) is 13.4. The maximum Gasteiger partial charge on any atom is 0.290 e. The first-order valence-corrected chi connectivity index (χ1v) is 7.40. The number of carbonyl (C=O) groups excluding carboxylic acids is 1. The molecule has 0 unspecified atom stereocenters. The highest BCUT2D eigenvalue weighted by Gasteiger charge is 2.16. The van der Waals surface area contributed by atoms with E-state index in [2.05, 4.69) is 15.5 Å². The van der Waals surface area contributed by atoms with E-state index in [0.29, 0.717) is 11.4 Å². The second kappa shape index (κ2) is 6.04. The van der Waals surface area contributed by atoms with Gasteiger partial charge in [-0.3, -0.25) is 9.20 Å². The Balaban J connectivity index is 1.82. The predicted molar refractivity (Wildman–Crippen MR) is 90.9 cm³/mol. The van der Waals surface area contributed by atoms with Gasteiger partial charge in [0.2, 0.25) is 0 Å². The molecule has 0 fully saturated rings. The monoisotopic (exact) mass is 306 g/mol. The van der Waals surface area contributed by atoms with E-state index in [0.717, 1.165) is 16.8 Å². The van der Waals surface area contributed by atoms with Crippen LogP contribution in [0.5, 0.6) is 0 Å². The molecule has 0 atom stereocenters. The summed E-state index contributed by atoms with van der Waals surface area (Å²) in [5.74, 6) is -0.274. The van der Waals surface area contributed by atoms with Gasteiger partial charge in [0.25, 0.3) is 5.91 Å². The molecule has 2 aromatic heterocycles. The van der Waals surface area contributed by atoms with Crippen LogP contribution >= 0.6 is 0 Å². The first-order chi connectivity index (χ1) is 11.1. The van der Waals surface area contributed by atoms with Gasteiger partial charge in [0.1, 0.15) is 11.3 Å². The topological polar surface area (TPSA) is 58.8 Å². The largest absolute Gasteiger partial charge is 0.295 e. The molecule has 5 heteroatoms. The van der Waals surface area contributed by atoms with Crippen molar-refractivity contribution in [1.82, 2.24) is 14.8 Å². The van der Waals surface area contributed by atoms with Crippen molar-refractivity contribution in [2.75, 3.05) is 0 Å². The minimum atomic E-state index is -0.274. The van der Waals surface area contributed by atoms with Gasteiger partial charge in [-0.25, -0.2) is 10.4 Å². The minimum absolute atomic E-state index is 0.274. The molecule has 0 bridgehead atoms. The van der Waals surface area contributed by atoms with Crippen molar-refractivity contribution in [1.29, 1.82) is 0 Å². The van der Waals surface area contributed by atoms with Crippen LogP contribution in [0.2, 0.25) is 0 Å². The molecule has 2 heterocycles. The molecule has 0 aliphatic rings. The highest BCUT2D eigenvalue weighted by molar-refractivity contribution is 5.95. The summed E-state index contributed by atoms with van der Waals surface area (Å²) in [7, 11) is 0. The average Bonchev–Trinajstić information content (AvgIpc) is 2.87. The molecule has 1 aromatic carbocycles.